The molecule has 0 atom stereocenters. The molecule has 1 aromatic heterocycles. The fourth-order valence-corrected chi connectivity index (χ4v) is 3.14. The number of halogens is 1. The number of nitrogens with one attached hydrogen (secondary N) is 1. The summed E-state index contributed by atoms with van der Waals surface area (Å²) in [6.07, 6.45) is 0.812. The van der Waals surface area contributed by atoms with Gasteiger partial charge >= 0.3 is 0 Å². The second-order valence-electron chi connectivity index (χ2n) is 5.90. The van der Waals surface area contributed by atoms with Gasteiger partial charge < -0.3 is 19.2 Å². The lowest BCUT2D eigenvalue weighted by Crippen LogP contribution is -2.14. The Morgan fingerprint density at radius 1 is 1.11 bits per heavy atom. The molecule has 144 valence electrons. The summed E-state index contributed by atoms with van der Waals surface area (Å²) in [6, 6.07) is 11.4. The van der Waals surface area contributed by atoms with Crippen LogP contribution in [0.1, 0.15) is 6.42 Å². The summed E-state index contributed by atoms with van der Waals surface area (Å²) in [5.41, 5.74) is 0.825. The van der Waals surface area contributed by atoms with Crippen LogP contribution in [0.2, 0.25) is 0 Å². The van der Waals surface area contributed by atoms with E-state index in [4.69, 9.17) is 13.9 Å². The van der Waals surface area contributed by atoms with E-state index in [-0.39, 0.29) is 28.3 Å². The van der Waals surface area contributed by atoms with Crippen LogP contribution in [0.4, 0.5) is 10.1 Å². The first-order valence-corrected chi connectivity index (χ1v) is 9.58. The first-order chi connectivity index (χ1) is 13.7. The molecule has 1 N–H and O–H groups in total. The number of hydrogen-bond donors (Lipinski definition) is 1. The molecule has 0 saturated carbocycles. The normalized spacial score (nSPS) is 13.0. The number of anilines is 1. The summed E-state index contributed by atoms with van der Waals surface area (Å²) in [4.78, 5) is 12.2. The maximum atomic E-state index is 13.8. The molecule has 0 aliphatic carbocycles. The van der Waals surface area contributed by atoms with Gasteiger partial charge in [-0.15, -0.1) is 10.2 Å². The monoisotopic (exact) mass is 401 g/mol. The minimum Gasteiger partial charge on any atom is -0.490 e. The van der Waals surface area contributed by atoms with Gasteiger partial charge in [-0.05, 0) is 24.3 Å². The molecule has 0 fully saturated rings. The Hall–Kier alpha value is -3.07. The third kappa shape index (κ3) is 4.25. The van der Waals surface area contributed by atoms with E-state index in [1.165, 1.54) is 6.07 Å². The van der Waals surface area contributed by atoms with Gasteiger partial charge in [0.2, 0.25) is 5.91 Å². The number of aromatic nitrogens is 2. The first-order valence-electron chi connectivity index (χ1n) is 8.60. The average molecular weight is 401 g/mol. The van der Waals surface area contributed by atoms with Crippen LogP contribution >= 0.6 is 11.8 Å². The van der Waals surface area contributed by atoms with Gasteiger partial charge in [0.1, 0.15) is 5.82 Å². The van der Waals surface area contributed by atoms with E-state index in [1.807, 2.05) is 0 Å². The van der Waals surface area contributed by atoms with Crippen LogP contribution in [-0.2, 0) is 4.79 Å². The maximum absolute atomic E-state index is 13.8. The Morgan fingerprint density at radius 3 is 2.79 bits per heavy atom. The van der Waals surface area contributed by atoms with Crippen LogP contribution in [-0.4, -0.2) is 35.1 Å². The zero-order valence-electron chi connectivity index (χ0n) is 14.7. The molecule has 0 saturated heterocycles. The SMILES string of the molecule is O=C(CSc1nnc(-c2ccccc2F)o1)Nc1ccc2c(c1)OCCCO2. The topological polar surface area (TPSA) is 86.5 Å². The number of thioether (sulfide) groups is 1. The van der Waals surface area contributed by atoms with Crippen molar-refractivity contribution >= 4 is 23.4 Å². The van der Waals surface area contributed by atoms with Gasteiger partial charge in [-0.25, -0.2) is 4.39 Å². The molecule has 0 spiro atoms. The Morgan fingerprint density at radius 2 is 1.93 bits per heavy atom. The van der Waals surface area contributed by atoms with Gasteiger partial charge in [0, 0.05) is 18.2 Å². The molecule has 3 aromatic rings. The minimum atomic E-state index is -0.449. The van der Waals surface area contributed by atoms with Crippen molar-refractivity contribution < 1.29 is 23.1 Å². The Labute approximate surface area is 164 Å². The van der Waals surface area contributed by atoms with Crippen LogP contribution < -0.4 is 14.8 Å². The summed E-state index contributed by atoms with van der Waals surface area (Å²) in [6.45, 7) is 1.18. The highest BCUT2D eigenvalue weighted by atomic mass is 32.2. The number of benzene rings is 2. The van der Waals surface area contributed by atoms with E-state index in [1.54, 1.807) is 36.4 Å². The number of carbonyl (C=O) groups excluding carboxylic acids is 1. The van der Waals surface area contributed by atoms with Crippen LogP contribution in [0.5, 0.6) is 11.5 Å². The number of rotatable bonds is 5. The number of hydrogen-bond acceptors (Lipinski definition) is 7. The van der Waals surface area contributed by atoms with Crippen LogP contribution in [0.25, 0.3) is 11.5 Å². The standard InChI is InChI=1S/C19H16FN3O4S/c20-14-5-2-1-4-13(14)18-22-23-19(27-18)28-11-17(24)21-12-6-7-15-16(10-12)26-9-3-8-25-15/h1-2,4-7,10H,3,8-9,11H2,(H,21,24). The van der Waals surface area contributed by atoms with E-state index in [0.717, 1.165) is 18.2 Å². The lowest BCUT2D eigenvalue weighted by molar-refractivity contribution is -0.113. The molecule has 1 aliphatic heterocycles. The van der Waals surface area contributed by atoms with Crippen molar-refractivity contribution in [1.29, 1.82) is 0 Å². The van der Waals surface area contributed by atoms with E-state index >= 15 is 0 Å². The summed E-state index contributed by atoms with van der Waals surface area (Å²) in [7, 11) is 0. The molecular weight excluding hydrogens is 385 g/mol. The average Bonchev–Trinajstić information content (AvgIpc) is 3.04. The van der Waals surface area contributed by atoms with Gasteiger partial charge in [-0.3, -0.25) is 4.79 Å². The molecule has 9 heteroatoms. The first kappa shape index (κ1) is 18.3. The second kappa shape index (κ2) is 8.30. The van der Waals surface area contributed by atoms with Crippen molar-refractivity contribution in [2.45, 2.75) is 11.6 Å². The highest BCUT2D eigenvalue weighted by Gasteiger charge is 2.15. The van der Waals surface area contributed by atoms with E-state index in [2.05, 4.69) is 15.5 Å². The summed E-state index contributed by atoms with van der Waals surface area (Å²) in [5, 5.41) is 10.6. The fraction of sp³-hybridized carbons (Fsp3) is 0.211. The van der Waals surface area contributed by atoms with E-state index < -0.39 is 5.82 Å². The molecule has 0 radical (unpaired) electrons. The van der Waals surface area contributed by atoms with Crippen molar-refractivity contribution in [2.75, 3.05) is 24.3 Å². The zero-order chi connectivity index (χ0) is 19.3. The van der Waals surface area contributed by atoms with Crippen molar-refractivity contribution in [3.8, 4) is 23.0 Å². The van der Waals surface area contributed by atoms with Crippen molar-refractivity contribution in [1.82, 2.24) is 10.2 Å². The second-order valence-corrected chi connectivity index (χ2v) is 6.83. The molecular formula is C19H16FN3O4S. The highest BCUT2D eigenvalue weighted by molar-refractivity contribution is 7.99. The van der Waals surface area contributed by atoms with Gasteiger partial charge in [-0.2, -0.15) is 0 Å². The number of nitrogens with zero attached hydrogens (tertiary/aromatic N) is 2. The molecule has 2 heterocycles. The molecule has 2 aromatic carbocycles. The zero-order valence-corrected chi connectivity index (χ0v) is 15.5. The smallest absolute Gasteiger partial charge is 0.277 e. The lowest BCUT2D eigenvalue weighted by Gasteiger charge is -2.10. The van der Waals surface area contributed by atoms with Crippen molar-refractivity contribution in [3.63, 3.8) is 0 Å². The Balaban J connectivity index is 1.35. The summed E-state index contributed by atoms with van der Waals surface area (Å²) < 4.78 is 30.4. The minimum absolute atomic E-state index is 0.0628. The van der Waals surface area contributed by atoms with Crippen molar-refractivity contribution in [2.24, 2.45) is 0 Å². The highest BCUT2D eigenvalue weighted by Crippen LogP contribution is 2.32. The van der Waals surface area contributed by atoms with E-state index in [0.29, 0.717) is 30.4 Å². The van der Waals surface area contributed by atoms with E-state index in [9.17, 15) is 9.18 Å². The number of ether oxygens (including phenoxy) is 2. The molecule has 0 unspecified atom stereocenters. The lowest BCUT2D eigenvalue weighted by atomic mass is 10.2. The molecule has 28 heavy (non-hydrogen) atoms. The third-order valence-corrected chi connectivity index (χ3v) is 4.69. The predicted octanol–water partition coefficient (Wildman–Crippen LogP) is 3.77. The molecule has 0 bridgehead atoms. The van der Waals surface area contributed by atoms with Gasteiger partial charge in [0.15, 0.2) is 11.5 Å². The molecule has 1 aliphatic rings. The summed E-state index contributed by atoms with van der Waals surface area (Å²) in [5.74, 6) is 0.711. The van der Waals surface area contributed by atoms with Crippen molar-refractivity contribution in [3.05, 3.63) is 48.3 Å². The van der Waals surface area contributed by atoms with Gasteiger partial charge in [-0.1, -0.05) is 23.9 Å². The molecule has 1 amide bonds. The number of amides is 1. The van der Waals surface area contributed by atoms with Crippen LogP contribution in [0, 0.1) is 5.82 Å². The molecule has 4 rings (SSSR count). The maximum Gasteiger partial charge on any atom is 0.277 e. The predicted molar refractivity (Wildman–Crippen MR) is 101 cm³/mol. The van der Waals surface area contributed by atoms with Crippen LogP contribution in [0.3, 0.4) is 0 Å². The third-order valence-electron chi connectivity index (χ3n) is 3.87. The number of carbonyl (C=O) groups is 1. The van der Waals surface area contributed by atoms with Gasteiger partial charge in [0.25, 0.3) is 11.1 Å². The largest absolute Gasteiger partial charge is 0.490 e. The summed E-state index contributed by atoms with van der Waals surface area (Å²) >= 11 is 1.07. The Kier molecular flexibility index (Phi) is 5.43. The van der Waals surface area contributed by atoms with Crippen LogP contribution in [0.15, 0.2) is 52.1 Å². The Bertz CT molecular complexity index is 995. The van der Waals surface area contributed by atoms with Gasteiger partial charge in [0.05, 0.1) is 24.5 Å². The number of fused-ring (bicyclic) bond motifs is 1. The fourth-order valence-electron chi connectivity index (χ4n) is 2.58. The molecule has 7 nitrogen and oxygen atoms in total. The quantitative estimate of drug-likeness (QED) is 0.651.